The van der Waals surface area contributed by atoms with E-state index in [-0.39, 0.29) is 17.4 Å². The summed E-state index contributed by atoms with van der Waals surface area (Å²) < 4.78 is 35.7. The quantitative estimate of drug-likeness (QED) is 0.630. The number of hydrogen-bond acceptors (Lipinski definition) is 6. The number of nitrogens with zero attached hydrogens (tertiary/aromatic N) is 3. The molecule has 0 radical (unpaired) electrons. The van der Waals surface area contributed by atoms with E-state index in [2.05, 4.69) is 20.3 Å². The molecule has 0 unspecified atom stereocenters. The van der Waals surface area contributed by atoms with Crippen molar-refractivity contribution < 1.29 is 22.8 Å². The smallest absolute Gasteiger partial charge is 0.387 e. The van der Waals surface area contributed by atoms with Gasteiger partial charge in [-0.2, -0.15) is 13.9 Å². The summed E-state index contributed by atoms with van der Waals surface area (Å²) in [6.07, 6.45) is 0. The number of ether oxygens (including phenoxy) is 1. The number of alkyl halides is 2. The molecule has 0 fully saturated rings. The highest BCUT2D eigenvalue weighted by Gasteiger charge is 2.19. The maximum Gasteiger partial charge on any atom is 0.387 e. The van der Waals surface area contributed by atoms with Gasteiger partial charge in [0.2, 0.25) is 5.91 Å². The molecule has 30 heavy (non-hydrogen) atoms. The predicted molar refractivity (Wildman–Crippen MR) is 105 cm³/mol. The first kappa shape index (κ1) is 21.2. The van der Waals surface area contributed by atoms with Gasteiger partial charge in [-0.3, -0.25) is 9.59 Å². The summed E-state index contributed by atoms with van der Waals surface area (Å²) in [6, 6.07) is 8.81. The van der Waals surface area contributed by atoms with Crippen molar-refractivity contribution in [3.05, 3.63) is 58.1 Å². The van der Waals surface area contributed by atoms with E-state index in [0.29, 0.717) is 22.7 Å². The summed E-state index contributed by atoms with van der Waals surface area (Å²) in [4.78, 5) is 25.0. The number of carbonyl (C=O) groups excluding carboxylic acids is 1. The van der Waals surface area contributed by atoms with Gasteiger partial charge in [-0.25, -0.2) is 4.68 Å². The molecule has 1 aromatic carbocycles. The molecule has 0 atom stereocenters. The van der Waals surface area contributed by atoms with Crippen LogP contribution in [-0.4, -0.2) is 27.5 Å². The Kier molecular flexibility index (Phi) is 6.24. The van der Waals surface area contributed by atoms with Crippen molar-refractivity contribution in [2.24, 2.45) is 0 Å². The van der Waals surface area contributed by atoms with Crippen LogP contribution in [0.5, 0.6) is 5.75 Å². The number of benzene rings is 1. The third-order valence-corrected chi connectivity index (χ3v) is 4.14. The van der Waals surface area contributed by atoms with Crippen LogP contribution in [0.2, 0.25) is 0 Å². The topological polar surface area (TPSA) is 99.2 Å². The van der Waals surface area contributed by atoms with Crippen LogP contribution in [0.1, 0.15) is 31.2 Å². The number of amides is 1. The molecule has 2 aromatic heterocycles. The van der Waals surface area contributed by atoms with Crippen molar-refractivity contribution >= 4 is 11.6 Å². The first-order chi connectivity index (χ1) is 14.2. The van der Waals surface area contributed by atoms with Gasteiger partial charge in [-0.1, -0.05) is 31.1 Å². The SMILES string of the molecule is Cc1cc(-c2cc(=O)n(CC(=O)Nc3ccccc3OC(F)F)nc2C(C)C)on1. The third-order valence-electron chi connectivity index (χ3n) is 4.14. The van der Waals surface area contributed by atoms with Gasteiger partial charge < -0.3 is 14.6 Å². The van der Waals surface area contributed by atoms with E-state index in [9.17, 15) is 18.4 Å². The molecule has 1 N–H and O–H groups in total. The summed E-state index contributed by atoms with van der Waals surface area (Å²) in [5.74, 6) is -0.455. The van der Waals surface area contributed by atoms with Crippen LogP contribution in [0.3, 0.4) is 0 Å². The molecule has 158 valence electrons. The molecule has 2 heterocycles. The second-order valence-corrected chi connectivity index (χ2v) is 6.85. The van der Waals surface area contributed by atoms with Crippen molar-refractivity contribution in [2.45, 2.75) is 39.8 Å². The normalized spacial score (nSPS) is 11.2. The standard InChI is InChI=1S/C20H20F2N4O4/c1-11(2)19-13(16-8-12(3)25-30-16)9-18(28)26(24-19)10-17(27)23-14-6-4-5-7-15(14)29-20(21)22/h4-9,11,20H,10H2,1-3H3,(H,23,27). The fourth-order valence-electron chi connectivity index (χ4n) is 2.83. The van der Waals surface area contributed by atoms with Crippen molar-refractivity contribution in [1.29, 1.82) is 0 Å². The highest BCUT2D eigenvalue weighted by molar-refractivity contribution is 5.92. The molecule has 8 nitrogen and oxygen atoms in total. The molecular formula is C20H20F2N4O4. The summed E-state index contributed by atoms with van der Waals surface area (Å²) >= 11 is 0. The van der Waals surface area contributed by atoms with Gasteiger partial charge in [0.15, 0.2) is 5.76 Å². The maximum absolute atomic E-state index is 12.5. The number of carbonyl (C=O) groups is 1. The number of aryl methyl sites for hydroxylation is 1. The molecule has 0 saturated carbocycles. The number of anilines is 1. The van der Waals surface area contributed by atoms with Crippen LogP contribution in [0.4, 0.5) is 14.5 Å². The molecule has 0 spiro atoms. The molecule has 3 aromatic rings. The highest BCUT2D eigenvalue weighted by atomic mass is 19.3. The van der Waals surface area contributed by atoms with Crippen LogP contribution in [-0.2, 0) is 11.3 Å². The molecule has 10 heteroatoms. The van der Waals surface area contributed by atoms with Gasteiger partial charge in [-0.15, -0.1) is 0 Å². The lowest BCUT2D eigenvalue weighted by Crippen LogP contribution is -2.30. The monoisotopic (exact) mass is 418 g/mol. The number of nitrogens with one attached hydrogen (secondary N) is 1. The average Bonchev–Trinajstić information content (AvgIpc) is 3.10. The Morgan fingerprint density at radius 1 is 1.27 bits per heavy atom. The van der Waals surface area contributed by atoms with E-state index < -0.39 is 24.6 Å². The van der Waals surface area contributed by atoms with Gasteiger partial charge in [0, 0.05) is 17.7 Å². The first-order valence-corrected chi connectivity index (χ1v) is 9.14. The number of rotatable bonds is 7. The zero-order valence-corrected chi connectivity index (χ0v) is 16.6. The van der Waals surface area contributed by atoms with Crippen LogP contribution >= 0.6 is 0 Å². The van der Waals surface area contributed by atoms with Crippen molar-refractivity contribution in [3.8, 4) is 17.1 Å². The molecule has 3 rings (SSSR count). The Bertz CT molecular complexity index is 1110. The Morgan fingerprint density at radius 3 is 2.63 bits per heavy atom. The number of para-hydroxylation sites is 2. The second-order valence-electron chi connectivity index (χ2n) is 6.85. The maximum atomic E-state index is 12.5. The summed E-state index contributed by atoms with van der Waals surface area (Å²) in [7, 11) is 0. The lowest BCUT2D eigenvalue weighted by Gasteiger charge is -2.14. The largest absolute Gasteiger partial charge is 0.433 e. The third kappa shape index (κ3) is 4.88. The molecule has 0 bridgehead atoms. The van der Waals surface area contributed by atoms with E-state index in [1.54, 1.807) is 19.1 Å². The highest BCUT2D eigenvalue weighted by Crippen LogP contribution is 2.27. The van der Waals surface area contributed by atoms with Gasteiger partial charge in [0.1, 0.15) is 12.3 Å². The minimum Gasteiger partial charge on any atom is -0.433 e. The van der Waals surface area contributed by atoms with Gasteiger partial charge in [0.25, 0.3) is 5.56 Å². The van der Waals surface area contributed by atoms with Crippen molar-refractivity contribution in [1.82, 2.24) is 14.9 Å². The lowest BCUT2D eigenvalue weighted by molar-refractivity contribution is -0.117. The van der Waals surface area contributed by atoms with E-state index in [4.69, 9.17) is 4.52 Å². The lowest BCUT2D eigenvalue weighted by atomic mass is 10.0. The average molecular weight is 418 g/mol. The molecule has 0 aliphatic heterocycles. The minimum absolute atomic E-state index is 0.0636. The Morgan fingerprint density at radius 2 is 2.00 bits per heavy atom. The summed E-state index contributed by atoms with van der Waals surface area (Å²) in [5.41, 5.74) is 1.26. The predicted octanol–water partition coefficient (Wildman–Crippen LogP) is 3.57. The van der Waals surface area contributed by atoms with Crippen LogP contribution < -0.4 is 15.6 Å². The molecular weight excluding hydrogens is 398 g/mol. The first-order valence-electron chi connectivity index (χ1n) is 9.14. The van der Waals surface area contributed by atoms with E-state index >= 15 is 0 Å². The summed E-state index contributed by atoms with van der Waals surface area (Å²) in [6.45, 7) is 2.10. The number of halogens is 2. The van der Waals surface area contributed by atoms with Crippen LogP contribution in [0.25, 0.3) is 11.3 Å². The second kappa shape index (κ2) is 8.85. The minimum atomic E-state index is -3.03. The zero-order chi connectivity index (χ0) is 21.8. The van der Waals surface area contributed by atoms with Crippen LogP contribution in [0.15, 0.2) is 45.7 Å². The Labute approximate surface area is 170 Å². The van der Waals surface area contributed by atoms with Gasteiger partial charge in [-0.05, 0) is 25.0 Å². The van der Waals surface area contributed by atoms with E-state index in [1.165, 1.54) is 24.3 Å². The van der Waals surface area contributed by atoms with E-state index in [1.807, 2.05) is 13.8 Å². The summed E-state index contributed by atoms with van der Waals surface area (Å²) in [5, 5.41) is 10.6. The Balaban J connectivity index is 1.86. The van der Waals surface area contributed by atoms with E-state index in [0.717, 1.165) is 4.68 Å². The van der Waals surface area contributed by atoms with Gasteiger partial charge in [0.05, 0.1) is 17.1 Å². The Hall–Kier alpha value is -3.56. The molecule has 0 aliphatic rings. The van der Waals surface area contributed by atoms with Crippen molar-refractivity contribution in [3.63, 3.8) is 0 Å². The van der Waals surface area contributed by atoms with Gasteiger partial charge >= 0.3 is 6.61 Å². The molecule has 1 amide bonds. The number of aromatic nitrogens is 3. The van der Waals surface area contributed by atoms with Crippen LogP contribution in [0, 0.1) is 6.92 Å². The molecule has 0 saturated heterocycles. The zero-order valence-electron chi connectivity index (χ0n) is 16.6. The van der Waals surface area contributed by atoms with Crippen molar-refractivity contribution in [2.75, 3.05) is 5.32 Å². The molecule has 0 aliphatic carbocycles. The number of hydrogen-bond donors (Lipinski definition) is 1. The fraction of sp³-hybridized carbons (Fsp3) is 0.300. The fourth-order valence-corrected chi connectivity index (χ4v) is 2.83.